The highest BCUT2D eigenvalue weighted by molar-refractivity contribution is 9.10. The van der Waals surface area contributed by atoms with Gasteiger partial charge < -0.3 is 5.11 Å². The number of carboxylic acid groups (broad SMARTS) is 1. The molecule has 1 unspecified atom stereocenters. The molecule has 20 heavy (non-hydrogen) atoms. The van der Waals surface area contributed by atoms with Gasteiger partial charge in [0.05, 0.1) is 4.47 Å². The molecule has 1 heterocycles. The minimum atomic E-state index is -0.748. The Labute approximate surface area is 126 Å². The quantitative estimate of drug-likeness (QED) is 0.883. The third kappa shape index (κ3) is 4.03. The van der Waals surface area contributed by atoms with Crippen molar-refractivity contribution in [1.82, 2.24) is 4.90 Å². The molecule has 2 rings (SSSR count). The monoisotopic (exact) mass is 343 g/mol. The SMILES string of the molecule is O=C(O)CCC1CCCCN1Cc1cccc(F)c1Br. The standard InChI is InChI=1S/C15H19BrFNO2/c16-15-11(4-3-6-13(15)17)10-18-9-2-1-5-12(18)7-8-14(19)20/h3-4,6,12H,1-2,5,7-10H2,(H,19,20). The second kappa shape index (κ2) is 7.18. The number of rotatable bonds is 5. The van der Waals surface area contributed by atoms with Crippen molar-refractivity contribution < 1.29 is 14.3 Å². The van der Waals surface area contributed by atoms with Crippen LogP contribution in [0, 0.1) is 5.82 Å². The van der Waals surface area contributed by atoms with Crippen molar-refractivity contribution in [3.63, 3.8) is 0 Å². The van der Waals surface area contributed by atoms with Crippen LogP contribution in [-0.4, -0.2) is 28.6 Å². The van der Waals surface area contributed by atoms with E-state index in [1.165, 1.54) is 6.07 Å². The number of benzene rings is 1. The molecule has 1 aromatic rings. The molecule has 1 N–H and O–H groups in total. The molecule has 1 aromatic carbocycles. The zero-order chi connectivity index (χ0) is 14.5. The number of nitrogens with zero attached hydrogens (tertiary/aromatic N) is 1. The fourth-order valence-electron chi connectivity index (χ4n) is 2.77. The van der Waals surface area contributed by atoms with Gasteiger partial charge in [0.15, 0.2) is 0 Å². The Morgan fingerprint density at radius 3 is 3.00 bits per heavy atom. The summed E-state index contributed by atoms with van der Waals surface area (Å²) in [5.74, 6) is -0.996. The first-order valence-corrected chi connectivity index (χ1v) is 7.76. The Morgan fingerprint density at radius 1 is 1.45 bits per heavy atom. The Hall–Kier alpha value is -0.940. The Balaban J connectivity index is 2.04. The van der Waals surface area contributed by atoms with E-state index in [9.17, 15) is 9.18 Å². The van der Waals surface area contributed by atoms with Gasteiger partial charge in [-0.25, -0.2) is 4.39 Å². The number of piperidine rings is 1. The molecule has 0 saturated carbocycles. The van der Waals surface area contributed by atoms with Gasteiger partial charge in [-0.05, 0) is 53.4 Å². The average molecular weight is 344 g/mol. The van der Waals surface area contributed by atoms with Crippen LogP contribution in [0.1, 0.15) is 37.7 Å². The van der Waals surface area contributed by atoms with Gasteiger partial charge in [0.1, 0.15) is 5.82 Å². The summed E-state index contributed by atoms with van der Waals surface area (Å²) in [5.41, 5.74) is 0.923. The van der Waals surface area contributed by atoms with Gasteiger partial charge in [-0.3, -0.25) is 9.69 Å². The molecule has 0 radical (unpaired) electrons. The molecule has 1 aliphatic heterocycles. The van der Waals surface area contributed by atoms with Crippen LogP contribution >= 0.6 is 15.9 Å². The van der Waals surface area contributed by atoms with Crippen molar-refractivity contribution >= 4 is 21.9 Å². The van der Waals surface area contributed by atoms with Crippen LogP contribution in [0.15, 0.2) is 22.7 Å². The lowest BCUT2D eigenvalue weighted by Crippen LogP contribution is -2.39. The smallest absolute Gasteiger partial charge is 0.303 e. The summed E-state index contributed by atoms with van der Waals surface area (Å²) < 4.78 is 14.1. The second-order valence-corrected chi connectivity index (χ2v) is 6.06. The number of carbonyl (C=O) groups is 1. The zero-order valence-electron chi connectivity index (χ0n) is 11.3. The third-order valence-corrected chi connectivity index (χ3v) is 4.73. The fourth-order valence-corrected chi connectivity index (χ4v) is 3.16. The molecule has 0 aromatic heterocycles. The van der Waals surface area contributed by atoms with Crippen LogP contribution in [0.5, 0.6) is 0 Å². The van der Waals surface area contributed by atoms with Crippen molar-refractivity contribution in [2.45, 2.75) is 44.7 Å². The van der Waals surface area contributed by atoms with Crippen molar-refractivity contribution in [2.75, 3.05) is 6.54 Å². The lowest BCUT2D eigenvalue weighted by Gasteiger charge is -2.35. The van der Waals surface area contributed by atoms with Gasteiger partial charge in [-0.2, -0.15) is 0 Å². The number of aliphatic carboxylic acids is 1. The summed E-state index contributed by atoms with van der Waals surface area (Å²) in [6, 6.07) is 5.35. The van der Waals surface area contributed by atoms with Crippen molar-refractivity contribution in [2.24, 2.45) is 0 Å². The molecule has 5 heteroatoms. The number of likely N-dealkylation sites (tertiary alicyclic amines) is 1. The first kappa shape index (κ1) is 15.4. The van der Waals surface area contributed by atoms with Crippen LogP contribution in [0.25, 0.3) is 0 Å². The van der Waals surface area contributed by atoms with E-state index < -0.39 is 5.97 Å². The molecular weight excluding hydrogens is 325 g/mol. The highest BCUT2D eigenvalue weighted by Crippen LogP contribution is 2.27. The fraction of sp³-hybridized carbons (Fsp3) is 0.533. The topological polar surface area (TPSA) is 40.5 Å². The molecule has 110 valence electrons. The Kier molecular flexibility index (Phi) is 5.54. The van der Waals surface area contributed by atoms with E-state index in [4.69, 9.17) is 5.11 Å². The molecule has 3 nitrogen and oxygen atoms in total. The summed E-state index contributed by atoms with van der Waals surface area (Å²) >= 11 is 3.29. The van der Waals surface area contributed by atoms with Crippen LogP contribution < -0.4 is 0 Å². The molecule has 1 aliphatic rings. The summed E-state index contributed by atoms with van der Waals surface area (Å²) in [7, 11) is 0. The summed E-state index contributed by atoms with van der Waals surface area (Å²) in [6.07, 6.45) is 4.16. The maximum atomic E-state index is 13.5. The summed E-state index contributed by atoms with van der Waals surface area (Å²) in [4.78, 5) is 13.0. The molecular formula is C15H19BrFNO2. The van der Waals surface area contributed by atoms with E-state index in [1.54, 1.807) is 6.07 Å². The van der Waals surface area contributed by atoms with Crippen LogP contribution in [0.2, 0.25) is 0 Å². The molecule has 1 saturated heterocycles. The van der Waals surface area contributed by atoms with E-state index in [0.29, 0.717) is 17.4 Å². The molecule has 0 spiro atoms. The lowest BCUT2D eigenvalue weighted by molar-refractivity contribution is -0.137. The first-order chi connectivity index (χ1) is 9.58. The molecule has 0 bridgehead atoms. The second-order valence-electron chi connectivity index (χ2n) is 5.27. The predicted octanol–water partition coefficient (Wildman–Crippen LogP) is 3.81. The Morgan fingerprint density at radius 2 is 2.25 bits per heavy atom. The van der Waals surface area contributed by atoms with Gasteiger partial charge in [0, 0.05) is 19.0 Å². The first-order valence-electron chi connectivity index (χ1n) is 6.96. The highest BCUT2D eigenvalue weighted by atomic mass is 79.9. The van der Waals surface area contributed by atoms with Crippen LogP contribution in [0.3, 0.4) is 0 Å². The van der Waals surface area contributed by atoms with Crippen LogP contribution in [-0.2, 0) is 11.3 Å². The third-order valence-electron chi connectivity index (χ3n) is 3.85. The van der Waals surface area contributed by atoms with E-state index >= 15 is 0 Å². The summed E-state index contributed by atoms with van der Waals surface area (Å²) in [5, 5.41) is 8.83. The minimum Gasteiger partial charge on any atom is -0.481 e. The molecule has 0 amide bonds. The Bertz CT molecular complexity index is 481. The number of hydrogen-bond donors (Lipinski definition) is 1. The number of carboxylic acids is 1. The van der Waals surface area contributed by atoms with Gasteiger partial charge in [-0.1, -0.05) is 18.6 Å². The average Bonchev–Trinajstić information content (AvgIpc) is 2.43. The maximum absolute atomic E-state index is 13.5. The van der Waals surface area contributed by atoms with E-state index in [1.807, 2.05) is 6.07 Å². The van der Waals surface area contributed by atoms with Gasteiger partial charge in [-0.15, -0.1) is 0 Å². The summed E-state index contributed by atoms with van der Waals surface area (Å²) in [6.45, 7) is 1.62. The lowest BCUT2D eigenvalue weighted by atomic mass is 9.97. The normalized spacial score (nSPS) is 20.0. The molecule has 1 atom stereocenters. The predicted molar refractivity (Wildman–Crippen MR) is 79.0 cm³/mol. The van der Waals surface area contributed by atoms with E-state index in [2.05, 4.69) is 20.8 Å². The van der Waals surface area contributed by atoms with E-state index in [0.717, 1.165) is 31.4 Å². The molecule has 1 fully saturated rings. The van der Waals surface area contributed by atoms with Crippen molar-refractivity contribution in [1.29, 1.82) is 0 Å². The van der Waals surface area contributed by atoms with Crippen LogP contribution in [0.4, 0.5) is 4.39 Å². The molecule has 0 aliphatic carbocycles. The number of halogens is 2. The zero-order valence-corrected chi connectivity index (χ0v) is 12.9. The highest BCUT2D eigenvalue weighted by Gasteiger charge is 2.23. The van der Waals surface area contributed by atoms with Crippen molar-refractivity contribution in [3.8, 4) is 0 Å². The largest absolute Gasteiger partial charge is 0.481 e. The van der Waals surface area contributed by atoms with E-state index in [-0.39, 0.29) is 18.3 Å². The van der Waals surface area contributed by atoms with Gasteiger partial charge in [0.2, 0.25) is 0 Å². The van der Waals surface area contributed by atoms with Crippen molar-refractivity contribution in [3.05, 3.63) is 34.1 Å². The van der Waals surface area contributed by atoms with Gasteiger partial charge >= 0.3 is 5.97 Å². The minimum absolute atomic E-state index is 0.200. The van der Waals surface area contributed by atoms with Gasteiger partial charge in [0.25, 0.3) is 0 Å². The maximum Gasteiger partial charge on any atom is 0.303 e. The number of hydrogen-bond acceptors (Lipinski definition) is 2.